The predicted octanol–water partition coefficient (Wildman–Crippen LogP) is 5.60. The molecule has 0 bridgehead atoms. The van der Waals surface area contributed by atoms with Gasteiger partial charge >= 0.3 is 0 Å². The Labute approximate surface area is 121 Å². The largest absolute Gasteiger partial charge is 0.0877 e. The molecule has 2 aromatic carbocycles. The van der Waals surface area contributed by atoms with Gasteiger partial charge in [-0.3, -0.25) is 0 Å². The third-order valence-corrected chi connectivity index (χ3v) is 4.03. The molecule has 20 heavy (non-hydrogen) atoms. The fourth-order valence-electron chi connectivity index (χ4n) is 3.02. The Morgan fingerprint density at radius 1 is 1.00 bits per heavy atom. The molecular formula is C20H20. The van der Waals surface area contributed by atoms with Gasteiger partial charge in [-0.05, 0) is 53.1 Å². The van der Waals surface area contributed by atoms with Crippen molar-refractivity contribution in [2.24, 2.45) is 0 Å². The Morgan fingerprint density at radius 3 is 2.70 bits per heavy atom. The molecule has 0 radical (unpaired) electrons. The van der Waals surface area contributed by atoms with Gasteiger partial charge < -0.3 is 0 Å². The van der Waals surface area contributed by atoms with Crippen molar-refractivity contribution in [2.45, 2.75) is 26.2 Å². The molecule has 0 saturated heterocycles. The van der Waals surface area contributed by atoms with Gasteiger partial charge in [-0.25, -0.2) is 0 Å². The summed E-state index contributed by atoms with van der Waals surface area (Å²) in [5.41, 5.74) is 7.03. The highest BCUT2D eigenvalue weighted by Gasteiger charge is 2.20. The Kier molecular flexibility index (Phi) is 3.56. The Morgan fingerprint density at radius 2 is 1.85 bits per heavy atom. The first-order valence-corrected chi connectivity index (χ1v) is 7.31. The zero-order valence-electron chi connectivity index (χ0n) is 12.1. The number of fused-ring (bicyclic) bond motifs is 3. The summed E-state index contributed by atoms with van der Waals surface area (Å²) in [4.78, 5) is 0. The number of hydrogen-bond acceptors (Lipinski definition) is 0. The van der Waals surface area contributed by atoms with Crippen LogP contribution in [0.2, 0.25) is 0 Å². The molecular weight excluding hydrogens is 240 g/mol. The molecule has 0 aliphatic heterocycles. The van der Waals surface area contributed by atoms with Crippen LogP contribution in [-0.4, -0.2) is 0 Å². The van der Waals surface area contributed by atoms with Crippen molar-refractivity contribution in [1.82, 2.24) is 0 Å². The molecule has 1 aliphatic rings. The first kappa shape index (κ1) is 12.9. The number of hydrogen-bond donors (Lipinski definition) is 0. The molecule has 0 heteroatoms. The van der Waals surface area contributed by atoms with Crippen molar-refractivity contribution in [1.29, 1.82) is 0 Å². The fraction of sp³-hybridized carbons (Fsp3) is 0.200. The van der Waals surface area contributed by atoms with Gasteiger partial charge in [0, 0.05) is 0 Å². The predicted molar refractivity (Wildman–Crippen MR) is 87.8 cm³/mol. The maximum atomic E-state index is 2.32. The third-order valence-electron chi connectivity index (χ3n) is 4.03. The summed E-state index contributed by atoms with van der Waals surface area (Å²) < 4.78 is 0. The summed E-state index contributed by atoms with van der Waals surface area (Å²) in [5.74, 6) is 0.605. The van der Waals surface area contributed by atoms with E-state index in [4.69, 9.17) is 0 Å². The van der Waals surface area contributed by atoms with Gasteiger partial charge in [0.2, 0.25) is 0 Å². The van der Waals surface area contributed by atoms with Gasteiger partial charge in [-0.15, -0.1) is 0 Å². The second kappa shape index (κ2) is 5.50. The van der Waals surface area contributed by atoms with E-state index in [0.29, 0.717) is 5.92 Å². The molecule has 1 atom stereocenters. The summed E-state index contributed by atoms with van der Waals surface area (Å²) in [6.45, 7) is 4.36. The fourth-order valence-corrected chi connectivity index (χ4v) is 3.02. The maximum Gasteiger partial charge on any atom is -0.0140 e. The molecule has 0 nitrogen and oxygen atoms in total. The third kappa shape index (κ3) is 2.34. The average Bonchev–Trinajstić information content (AvgIpc) is 2.48. The molecule has 0 fully saturated rings. The van der Waals surface area contributed by atoms with Crippen molar-refractivity contribution in [2.75, 3.05) is 0 Å². The minimum absolute atomic E-state index is 0.605. The minimum atomic E-state index is 0.605. The monoisotopic (exact) mass is 260 g/mol. The van der Waals surface area contributed by atoms with Crippen LogP contribution >= 0.6 is 0 Å². The van der Waals surface area contributed by atoms with Crippen molar-refractivity contribution in [3.63, 3.8) is 0 Å². The first-order chi connectivity index (χ1) is 9.79. The summed E-state index contributed by atoms with van der Waals surface area (Å²) in [6.07, 6.45) is 9.53. The average molecular weight is 260 g/mol. The van der Waals surface area contributed by atoms with Crippen molar-refractivity contribution in [3.8, 4) is 11.1 Å². The lowest BCUT2D eigenvalue weighted by Crippen LogP contribution is -2.08. The van der Waals surface area contributed by atoms with Crippen LogP contribution in [-0.2, 0) is 6.42 Å². The van der Waals surface area contributed by atoms with Gasteiger partial charge in [0.05, 0.1) is 0 Å². The summed E-state index contributed by atoms with van der Waals surface area (Å²) in [6, 6.07) is 15.6. The molecule has 2 aromatic rings. The van der Waals surface area contributed by atoms with Crippen LogP contribution in [0.3, 0.4) is 0 Å². The minimum Gasteiger partial charge on any atom is -0.0877 e. The van der Waals surface area contributed by atoms with E-state index in [2.05, 4.69) is 67.6 Å². The highest BCUT2D eigenvalue weighted by molar-refractivity contribution is 5.76. The van der Waals surface area contributed by atoms with Crippen molar-refractivity contribution >= 4 is 6.08 Å². The van der Waals surface area contributed by atoms with E-state index in [1.165, 1.54) is 27.8 Å². The molecule has 0 saturated carbocycles. The molecule has 0 amide bonds. The van der Waals surface area contributed by atoms with Crippen LogP contribution in [0.15, 0.2) is 60.7 Å². The van der Waals surface area contributed by atoms with E-state index in [9.17, 15) is 0 Å². The van der Waals surface area contributed by atoms with Crippen LogP contribution in [0.5, 0.6) is 0 Å². The zero-order chi connectivity index (χ0) is 13.9. The normalized spacial score (nSPS) is 17.4. The van der Waals surface area contributed by atoms with Gasteiger partial charge in [0.1, 0.15) is 0 Å². The molecule has 0 spiro atoms. The summed E-state index contributed by atoms with van der Waals surface area (Å²) >= 11 is 0. The van der Waals surface area contributed by atoms with Crippen molar-refractivity contribution < 1.29 is 0 Å². The molecule has 3 rings (SSSR count). The Balaban J connectivity index is 2.09. The van der Waals surface area contributed by atoms with Crippen LogP contribution in [0.25, 0.3) is 17.2 Å². The second-order valence-corrected chi connectivity index (χ2v) is 5.49. The number of allylic oxidation sites excluding steroid dienone is 3. The lowest BCUT2D eigenvalue weighted by atomic mass is 9.79. The van der Waals surface area contributed by atoms with E-state index in [-0.39, 0.29) is 0 Å². The summed E-state index contributed by atoms with van der Waals surface area (Å²) in [5, 5.41) is 0. The number of benzene rings is 2. The SMILES string of the molecule is C/C=C\C=C/c1ccc2c(c1)-c1ccccc1CC2C. The van der Waals surface area contributed by atoms with Crippen LogP contribution < -0.4 is 0 Å². The molecule has 0 heterocycles. The maximum absolute atomic E-state index is 2.32. The standard InChI is InChI=1S/C20H20/c1-3-4-5-8-16-11-12-18-15(2)13-17-9-6-7-10-19(17)20(18)14-16/h3-12,14-15H,13H2,1-2H3/b4-3-,8-5-. The zero-order valence-corrected chi connectivity index (χ0v) is 12.1. The van der Waals surface area contributed by atoms with Crippen molar-refractivity contribution in [3.05, 3.63) is 77.4 Å². The summed E-state index contributed by atoms with van der Waals surface area (Å²) in [7, 11) is 0. The van der Waals surface area contributed by atoms with Gasteiger partial charge in [-0.1, -0.05) is 67.6 Å². The first-order valence-electron chi connectivity index (χ1n) is 7.31. The van der Waals surface area contributed by atoms with Gasteiger partial charge in [0.15, 0.2) is 0 Å². The van der Waals surface area contributed by atoms with Crippen LogP contribution in [0, 0.1) is 0 Å². The molecule has 1 aliphatic carbocycles. The van der Waals surface area contributed by atoms with Crippen LogP contribution in [0.4, 0.5) is 0 Å². The van der Waals surface area contributed by atoms with Crippen LogP contribution in [0.1, 0.15) is 36.5 Å². The van der Waals surface area contributed by atoms with E-state index >= 15 is 0 Å². The highest BCUT2D eigenvalue weighted by atomic mass is 14.2. The lowest BCUT2D eigenvalue weighted by molar-refractivity contribution is 0.749. The quantitative estimate of drug-likeness (QED) is 0.616. The Bertz CT molecular complexity index is 674. The van der Waals surface area contributed by atoms with E-state index in [1.54, 1.807) is 0 Å². The smallest absolute Gasteiger partial charge is 0.0140 e. The van der Waals surface area contributed by atoms with Gasteiger partial charge in [0.25, 0.3) is 0 Å². The second-order valence-electron chi connectivity index (χ2n) is 5.49. The molecule has 0 N–H and O–H groups in total. The molecule has 100 valence electrons. The van der Waals surface area contributed by atoms with E-state index in [1.807, 2.05) is 13.0 Å². The molecule has 0 aromatic heterocycles. The van der Waals surface area contributed by atoms with E-state index < -0.39 is 0 Å². The topological polar surface area (TPSA) is 0 Å². The molecule has 1 unspecified atom stereocenters. The Hall–Kier alpha value is -2.08. The lowest BCUT2D eigenvalue weighted by Gasteiger charge is -2.25. The highest BCUT2D eigenvalue weighted by Crippen LogP contribution is 2.39. The van der Waals surface area contributed by atoms with E-state index in [0.717, 1.165) is 6.42 Å². The number of rotatable bonds is 2. The van der Waals surface area contributed by atoms with Gasteiger partial charge in [-0.2, -0.15) is 0 Å².